The average Bonchev–Trinajstić information content (AvgIpc) is 2.73. The van der Waals surface area contributed by atoms with Crippen LogP contribution in [0.4, 0.5) is 26.3 Å². The van der Waals surface area contributed by atoms with Crippen LogP contribution in [0.3, 0.4) is 0 Å². The highest BCUT2D eigenvalue weighted by Gasteiger charge is 2.35. The lowest BCUT2D eigenvalue weighted by Crippen LogP contribution is -2.22. The monoisotopic (exact) mass is 434 g/mol. The molecule has 0 fully saturated rings. The summed E-state index contributed by atoms with van der Waals surface area (Å²) in [6, 6.07) is 14.4. The number of hydrogen-bond donors (Lipinski definition) is 0. The molecule has 0 aliphatic heterocycles. The molecule has 3 aromatic rings. The van der Waals surface area contributed by atoms with Gasteiger partial charge in [0, 0.05) is 11.5 Å². The molecule has 0 bridgehead atoms. The maximum atomic E-state index is 13.1. The molecule has 1 nitrogen and oxygen atoms in total. The molecule has 1 atom stereocenters. The number of rotatable bonds is 2. The van der Waals surface area contributed by atoms with Crippen molar-refractivity contribution in [1.29, 1.82) is 0 Å². The van der Waals surface area contributed by atoms with Gasteiger partial charge in [0.15, 0.2) is 5.78 Å². The second-order valence-electron chi connectivity index (χ2n) is 7.49. The molecule has 1 aliphatic rings. The van der Waals surface area contributed by atoms with Crippen LogP contribution in [0.1, 0.15) is 45.0 Å². The predicted octanol–water partition coefficient (Wildman–Crippen LogP) is 7.30. The number of fused-ring (bicyclic) bond motifs is 1. The Morgan fingerprint density at radius 2 is 1.29 bits per heavy atom. The maximum Gasteiger partial charge on any atom is 0.416 e. The van der Waals surface area contributed by atoms with Crippen LogP contribution in [0.5, 0.6) is 0 Å². The molecule has 0 saturated carbocycles. The van der Waals surface area contributed by atoms with Gasteiger partial charge in [0.2, 0.25) is 0 Å². The second-order valence-corrected chi connectivity index (χ2v) is 7.49. The molecular formula is C24H16F6O. The molecule has 0 saturated heterocycles. The van der Waals surface area contributed by atoms with Gasteiger partial charge in [0.05, 0.1) is 11.1 Å². The molecule has 7 heteroatoms. The van der Waals surface area contributed by atoms with Gasteiger partial charge in [-0.2, -0.15) is 26.3 Å². The molecule has 1 aliphatic carbocycles. The van der Waals surface area contributed by atoms with E-state index in [0.717, 1.165) is 24.3 Å². The van der Waals surface area contributed by atoms with Crippen molar-refractivity contribution >= 4 is 5.78 Å². The fourth-order valence-corrected chi connectivity index (χ4v) is 4.08. The lowest BCUT2D eigenvalue weighted by molar-refractivity contribution is -0.138. The number of benzene rings is 3. The van der Waals surface area contributed by atoms with Crippen molar-refractivity contribution in [2.24, 2.45) is 0 Å². The number of carbonyl (C=O) groups excluding carboxylic acids is 1. The third-order valence-electron chi connectivity index (χ3n) is 5.56. The Kier molecular flexibility index (Phi) is 5.15. The van der Waals surface area contributed by atoms with Gasteiger partial charge in [-0.3, -0.25) is 4.79 Å². The molecule has 31 heavy (non-hydrogen) atoms. The minimum atomic E-state index is -4.51. The number of hydrogen-bond acceptors (Lipinski definition) is 1. The summed E-state index contributed by atoms with van der Waals surface area (Å²) in [6.07, 6.45) is -8.35. The summed E-state index contributed by atoms with van der Waals surface area (Å²) in [6.45, 7) is 0. The first kappa shape index (κ1) is 21.2. The minimum Gasteiger partial charge on any atom is -0.293 e. The van der Waals surface area contributed by atoms with E-state index in [9.17, 15) is 31.1 Å². The Morgan fingerprint density at radius 1 is 0.710 bits per heavy atom. The standard InChI is InChI=1S/C24H16F6O/c25-23(26,27)16-6-1-4-14(12-16)18-8-3-9-21-20(18)11-10-19(22(21)31)15-5-2-7-17(13-15)24(28,29)30/h1-9,12-13,19H,10-11H2. The van der Waals surface area contributed by atoms with Crippen LogP contribution in [0.15, 0.2) is 66.7 Å². The van der Waals surface area contributed by atoms with Gasteiger partial charge >= 0.3 is 12.4 Å². The van der Waals surface area contributed by atoms with Crippen LogP contribution >= 0.6 is 0 Å². The van der Waals surface area contributed by atoms with E-state index in [-0.39, 0.29) is 17.8 Å². The van der Waals surface area contributed by atoms with Crippen LogP contribution in [-0.2, 0) is 18.8 Å². The van der Waals surface area contributed by atoms with Crippen LogP contribution in [0.25, 0.3) is 11.1 Å². The number of Topliss-reactive ketones (excluding diaryl/α,β-unsaturated/α-hetero) is 1. The summed E-state index contributed by atoms with van der Waals surface area (Å²) in [4.78, 5) is 13.1. The van der Waals surface area contributed by atoms with Crippen LogP contribution in [0.2, 0.25) is 0 Å². The normalized spacial score (nSPS) is 16.8. The van der Waals surface area contributed by atoms with Crippen LogP contribution in [-0.4, -0.2) is 5.78 Å². The smallest absolute Gasteiger partial charge is 0.293 e. The highest BCUT2D eigenvalue weighted by Crippen LogP contribution is 2.40. The number of alkyl halides is 6. The lowest BCUT2D eigenvalue weighted by Gasteiger charge is -2.26. The number of ketones is 1. The fourth-order valence-electron chi connectivity index (χ4n) is 4.08. The zero-order valence-corrected chi connectivity index (χ0v) is 16.0. The van der Waals surface area contributed by atoms with Gasteiger partial charge in [0.1, 0.15) is 0 Å². The molecule has 1 unspecified atom stereocenters. The van der Waals surface area contributed by atoms with E-state index in [2.05, 4.69) is 0 Å². The lowest BCUT2D eigenvalue weighted by atomic mass is 9.76. The molecule has 0 heterocycles. The quantitative estimate of drug-likeness (QED) is 0.387. The van der Waals surface area contributed by atoms with Crippen molar-refractivity contribution in [3.05, 3.63) is 94.5 Å². The van der Waals surface area contributed by atoms with Gasteiger partial charge in [-0.25, -0.2) is 0 Å². The van der Waals surface area contributed by atoms with Crippen molar-refractivity contribution in [3.63, 3.8) is 0 Å². The molecule has 0 radical (unpaired) electrons. The topological polar surface area (TPSA) is 17.1 Å². The Labute approximate surface area is 174 Å². The van der Waals surface area contributed by atoms with Crippen molar-refractivity contribution in [2.75, 3.05) is 0 Å². The zero-order chi connectivity index (χ0) is 22.4. The molecule has 0 N–H and O–H groups in total. The summed E-state index contributed by atoms with van der Waals surface area (Å²) in [7, 11) is 0. The molecule has 0 aromatic heterocycles. The number of halogens is 6. The molecule has 4 rings (SSSR count). The second kappa shape index (κ2) is 7.55. The molecule has 0 amide bonds. The Balaban J connectivity index is 1.73. The highest BCUT2D eigenvalue weighted by atomic mass is 19.4. The third kappa shape index (κ3) is 4.09. The number of carbonyl (C=O) groups is 1. The van der Waals surface area contributed by atoms with Crippen molar-refractivity contribution in [3.8, 4) is 11.1 Å². The van der Waals surface area contributed by atoms with E-state index in [1.165, 1.54) is 18.2 Å². The zero-order valence-electron chi connectivity index (χ0n) is 16.0. The van der Waals surface area contributed by atoms with E-state index < -0.39 is 29.4 Å². The summed E-state index contributed by atoms with van der Waals surface area (Å²) >= 11 is 0. The van der Waals surface area contributed by atoms with Gasteiger partial charge in [0.25, 0.3) is 0 Å². The summed E-state index contributed by atoms with van der Waals surface area (Å²) in [5.74, 6) is -1.05. The summed E-state index contributed by atoms with van der Waals surface area (Å²) in [5, 5.41) is 0. The summed E-state index contributed by atoms with van der Waals surface area (Å²) < 4.78 is 78.5. The summed E-state index contributed by atoms with van der Waals surface area (Å²) in [5.41, 5.74) is 0.512. The highest BCUT2D eigenvalue weighted by molar-refractivity contribution is 6.04. The Bertz CT molecular complexity index is 1140. The third-order valence-corrected chi connectivity index (χ3v) is 5.56. The van der Waals surface area contributed by atoms with E-state index in [1.54, 1.807) is 24.3 Å². The minimum absolute atomic E-state index is 0.281. The predicted molar refractivity (Wildman–Crippen MR) is 104 cm³/mol. The average molecular weight is 434 g/mol. The van der Waals surface area contributed by atoms with E-state index in [1.807, 2.05) is 0 Å². The SMILES string of the molecule is O=C1c2cccc(-c3cccc(C(F)(F)F)c3)c2CCC1c1cccc(C(F)(F)F)c1. The van der Waals surface area contributed by atoms with Crippen LogP contribution < -0.4 is 0 Å². The van der Waals surface area contributed by atoms with Gasteiger partial charge < -0.3 is 0 Å². The molecule has 3 aromatic carbocycles. The van der Waals surface area contributed by atoms with Gasteiger partial charge in [-0.1, -0.05) is 48.5 Å². The van der Waals surface area contributed by atoms with Gasteiger partial charge in [-0.05, 0) is 53.3 Å². The maximum absolute atomic E-state index is 13.1. The van der Waals surface area contributed by atoms with Crippen LogP contribution in [0, 0.1) is 0 Å². The van der Waals surface area contributed by atoms with Crippen molar-refractivity contribution < 1.29 is 31.1 Å². The first-order valence-electron chi connectivity index (χ1n) is 9.56. The first-order chi connectivity index (χ1) is 14.6. The molecular weight excluding hydrogens is 418 g/mol. The van der Waals surface area contributed by atoms with E-state index in [4.69, 9.17) is 0 Å². The van der Waals surface area contributed by atoms with E-state index in [0.29, 0.717) is 28.7 Å². The van der Waals surface area contributed by atoms with Crippen molar-refractivity contribution in [1.82, 2.24) is 0 Å². The first-order valence-corrected chi connectivity index (χ1v) is 9.56. The molecule has 160 valence electrons. The Hall–Kier alpha value is -3.09. The van der Waals surface area contributed by atoms with Crippen molar-refractivity contribution in [2.45, 2.75) is 31.1 Å². The largest absolute Gasteiger partial charge is 0.416 e. The fraction of sp³-hybridized carbons (Fsp3) is 0.208. The molecule has 0 spiro atoms. The Morgan fingerprint density at radius 3 is 1.97 bits per heavy atom. The van der Waals surface area contributed by atoms with E-state index >= 15 is 0 Å². The van der Waals surface area contributed by atoms with Gasteiger partial charge in [-0.15, -0.1) is 0 Å².